The van der Waals surface area contributed by atoms with Crippen molar-refractivity contribution < 1.29 is 4.79 Å². The maximum Gasteiger partial charge on any atom is 0.254 e. The molecule has 0 aromatic heterocycles. The van der Waals surface area contributed by atoms with Crippen molar-refractivity contribution in [2.45, 2.75) is 25.3 Å². The number of para-hydroxylation sites is 1. The summed E-state index contributed by atoms with van der Waals surface area (Å²) in [4.78, 5) is 17.7. The number of carbonyl (C=O) groups is 1. The Morgan fingerprint density at radius 1 is 1.06 bits per heavy atom. The number of hydrogen-bond donors (Lipinski definition) is 0. The summed E-state index contributed by atoms with van der Waals surface area (Å²) in [6, 6.07) is 27.6. The molecule has 1 heterocycles. The minimum absolute atomic E-state index is 0.00554. The summed E-state index contributed by atoms with van der Waals surface area (Å²) in [6.07, 6.45) is 0.835. The molecule has 1 aliphatic rings. The summed E-state index contributed by atoms with van der Waals surface area (Å²) in [5, 5.41) is 10.1. The molecule has 5 heteroatoms. The number of hydrogen-bond acceptors (Lipinski definition) is 3. The van der Waals surface area contributed by atoms with Crippen LogP contribution in [0.15, 0.2) is 78.9 Å². The van der Waals surface area contributed by atoms with Crippen molar-refractivity contribution in [1.29, 1.82) is 5.26 Å². The van der Waals surface area contributed by atoms with E-state index in [2.05, 4.69) is 42.2 Å². The van der Waals surface area contributed by atoms with Gasteiger partial charge in [-0.2, -0.15) is 5.26 Å². The molecular weight excluding hydrogens is 418 g/mol. The van der Waals surface area contributed by atoms with Gasteiger partial charge in [0.05, 0.1) is 17.3 Å². The summed E-state index contributed by atoms with van der Waals surface area (Å²) < 4.78 is 0. The van der Waals surface area contributed by atoms with E-state index in [0.717, 1.165) is 12.1 Å². The van der Waals surface area contributed by atoms with Gasteiger partial charge in [0.15, 0.2) is 0 Å². The first-order chi connectivity index (χ1) is 15.6. The minimum Gasteiger partial charge on any atom is -0.367 e. The molecule has 4 nitrogen and oxygen atoms in total. The van der Waals surface area contributed by atoms with Crippen LogP contribution >= 0.6 is 11.6 Å². The summed E-state index contributed by atoms with van der Waals surface area (Å²) in [5.74, 6) is 0.299. The second kappa shape index (κ2) is 9.89. The van der Waals surface area contributed by atoms with E-state index in [4.69, 9.17) is 11.6 Å². The third kappa shape index (κ3) is 4.79. The van der Waals surface area contributed by atoms with E-state index < -0.39 is 0 Å². The first-order valence-corrected chi connectivity index (χ1v) is 11.3. The van der Waals surface area contributed by atoms with Crippen molar-refractivity contribution in [3.8, 4) is 6.07 Å². The summed E-state index contributed by atoms with van der Waals surface area (Å²) in [6.45, 7) is 4.17. The standard InChI is InChI=1S/C27H26ClN3O/c1-20(21-8-3-2-4-9-21)16-25-19-30(26-13-6-5-10-23(26)18-29)14-15-31(25)27(32)22-11-7-12-24(28)17-22/h2-13,17,20,25H,14-16,19H2,1H3. The number of nitrogens with zero attached hydrogens (tertiary/aromatic N) is 3. The summed E-state index contributed by atoms with van der Waals surface area (Å²) in [7, 11) is 0. The fourth-order valence-corrected chi connectivity index (χ4v) is 4.69. The Hall–Kier alpha value is -3.29. The van der Waals surface area contributed by atoms with Crippen LogP contribution in [-0.2, 0) is 0 Å². The van der Waals surface area contributed by atoms with E-state index in [1.807, 2.05) is 47.4 Å². The maximum absolute atomic E-state index is 13.4. The molecule has 3 aromatic rings. The van der Waals surface area contributed by atoms with Gasteiger partial charge in [0.2, 0.25) is 0 Å². The molecule has 0 radical (unpaired) electrons. The molecule has 0 spiro atoms. The number of halogens is 1. The minimum atomic E-state index is 0.00554. The van der Waals surface area contributed by atoms with Crippen LogP contribution in [0.2, 0.25) is 5.02 Å². The SMILES string of the molecule is CC(CC1CN(c2ccccc2C#N)CCN1C(=O)c1cccc(Cl)c1)c1ccccc1. The third-order valence-corrected chi connectivity index (χ3v) is 6.41. The van der Waals surface area contributed by atoms with Crippen molar-refractivity contribution in [2.24, 2.45) is 0 Å². The van der Waals surface area contributed by atoms with Crippen LogP contribution in [0.1, 0.15) is 40.7 Å². The lowest BCUT2D eigenvalue weighted by Gasteiger charge is -2.43. The predicted molar refractivity (Wildman–Crippen MR) is 129 cm³/mol. The van der Waals surface area contributed by atoms with Gasteiger partial charge in [0.25, 0.3) is 5.91 Å². The number of rotatable bonds is 5. The van der Waals surface area contributed by atoms with E-state index in [9.17, 15) is 10.1 Å². The van der Waals surface area contributed by atoms with Crippen molar-refractivity contribution in [3.63, 3.8) is 0 Å². The zero-order valence-electron chi connectivity index (χ0n) is 18.1. The van der Waals surface area contributed by atoms with Crippen LogP contribution < -0.4 is 4.90 Å². The Bertz CT molecular complexity index is 1130. The van der Waals surface area contributed by atoms with Gasteiger partial charge in [-0.3, -0.25) is 4.79 Å². The molecule has 1 saturated heterocycles. The van der Waals surface area contributed by atoms with Crippen LogP contribution in [0.4, 0.5) is 5.69 Å². The average Bonchev–Trinajstić information content (AvgIpc) is 2.84. The highest BCUT2D eigenvalue weighted by Crippen LogP contribution is 2.29. The average molecular weight is 444 g/mol. The van der Waals surface area contributed by atoms with E-state index in [1.165, 1.54) is 5.56 Å². The summed E-state index contributed by atoms with van der Waals surface area (Å²) >= 11 is 6.16. The molecule has 3 aromatic carbocycles. The number of anilines is 1. The highest BCUT2D eigenvalue weighted by molar-refractivity contribution is 6.30. The first kappa shape index (κ1) is 21.9. The van der Waals surface area contributed by atoms with Crippen LogP contribution in [0.5, 0.6) is 0 Å². The molecule has 2 unspecified atom stereocenters. The van der Waals surface area contributed by atoms with Gasteiger partial charge in [-0.05, 0) is 48.2 Å². The van der Waals surface area contributed by atoms with Gasteiger partial charge in [-0.25, -0.2) is 0 Å². The van der Waals surface area contributed by atoms with E-state index in [1.54, 1.807) is 12.1 Å². The molecule has 0 saturated carbocycles. The monoisotopic (exact) mass is 443 g/mol. The summed E-state index contributed by atoms with van der Waals surface area (Å²) in [5.41, 5.74) is 3.47. The van der Waals surface area contributed by atoms with Crippen LogP contribution in [-0.4, -0.2) is 36.5 Å². The zero-order chi connectivity index (χ0) is 22.5. The zero-order valence-corrected chi connectivity index (χ0v) is 18.9. The highest BCUT2D eigenvalue weighted by Gasteiger charge is 2.33. The van der Waals surface area contributed by atoms with Gasteiger partial charge in [0.1, 0.15) is 6.07 Å². The number of amides is 1. The molecule has 162 valence electrons. The molecule has 0 bridgehead atoms. The number of nitriles is 1. The van der Waals surface area contributed by atoms with Crippen LogP contribution in [0, 0.1) is 11.3 Å². The lowest BCUT2D eigenvalue weighted by Crippen LogP contribution is -2.55. The number of benzene rings is 3. The topological polar surface area (TPSA) is 47.3 Å². The Balaban J connectivity index is 1.62. The number of piperazine rings is 1. The van der Waals surface area contributed by atoms with Crippen molar-refractivity contribution in [3.05, 3.63) is 101 Å². The van der Waals surface area contributed by atoms with E-state index in [-0.39, 0.29) is 11.9 Å². The molecule has 32 heavy (non-hydrogen) atoms. The van der Waals surface area contributed by atoms with Gasteiger partial charge < -0.3 is 9.80 Å². The molecule has 0 N–H and O–H groups in total. The normalized spacial score (nSPS) is 17.0. The Morgan fingerprint density at radius 3 is 2.56 bits per heavy atom. The highest BCUT2D eigenvalue weighted by atomic mass is 35.5. The van der Waals surface area contributed by atoms with Crippen molar-refractivity contribution in [1.82, 2.24) is 4.90 Å². The third-order valence-electron chi connectivity index (χ3n) is 6.17. The smallest absolute Gasteiger partial charge is 0.254 e. The van der Waals surface area contributed by atoms with E-state index in [0.29, 0.717) is 41.7 Å². The lowest BCUT2D eigenvalue weighted by atomic mass is 9.91. The maximum atomic E-state index is 13.4. The molecular formula is C27H26ClN3O. The molecule has 1 aliphatic heterocycles. The molecule has 1 fully saturated rings. The molecule has 1 amide bonds. The van der Waals surface area contributed by atoms with Gasteiger partial charge in [0, 0.05) is 30.2 Å². The van der Waals surface area contributed by atoms with Gasteiger partial charge in [-0.15, -0.1) is 0 Å². The Labute approximate surface area is 194 Å². The van der Waals surface area contributed by atoms with Crippen LogP contribution in [0.25, 0.3) is 0 Å². The molecule has 4 rings (SSSR count). The quantitative estimate of drug-likeness (QED) is 0.505. The van der Waals surface area contributed by atoms with Gasteiger partial charge in [-0.1, -0.05) is 67.1 Å². The van der Waals surface area contributed by atoms with Crippen LogP contribution in [0.3, 0.4) is 0 Å². The predicted octanol–water partition coefficient (Wildman–Crippen LogP) is 5.74. The largest absolute Gasteiger partial charge is 0.367 e. The lowest BCUT2D eigenvalue weighted by molar-refractivity contribution is 0.0640. The van der Waals surface area contributed by atoms with Crippen molar-refractivity contribution >= 4 is 23.2 Å². The Morgan fingerprint density at radius 2 is 1.81 bits per heavy atom. The number of carbonyl (C=O) groups excluding carboxylic acids is 1. The first-order valence-electron chi connectivity index (χ1n) is 10.9. The second-order valence-corrected chi connectivity index (χ2v) is 8.72. The fraction of sp³-hybridized carbons (Fsp3) is 0.259. The van der Waals surface area contributed by atoms with Gasteiger partial charge >= 0.3 is 0 Å². The molecule has 2 atom stereocenters. The van der Waals surface area contributed by atoms with Crippen molar-refractivity contribution in [2.75, 3.05) is 24.5 Å². The second-order valence-electron chi connectivity index (χ2n) is 8.29. The van der Waals surface area contributed by atoms with E-state index >= 15 is 0 Å². The Kier molecular flexibility index (Phi) is 6.78. The fourth-order valence-electron chi connectivity index (χ4n) is 4.50. The molecule has 0 aliphatic carbocycles.